The molecule has 19 heavy (non-hydrogen) atoms. The molecule has 0 saturated carbocycles. The van der Waals surface area contributed by atoms with Gasteiger partial charge in [0.05, 0.1) is 11.2 Å². The van der Waals surface area contributed by atoms with Gasteiger partial charge < -0.3 is 18.8 Å². The van der Waals surface area contributed by atoms with Gasteiger partial charge >= 0.3 is 7.12 Å². The number of hydrogen-bond acceptors (Lipinski definition) is 5. The SMILES string of the molecule is CC1(C)OB(c2cnc3c(c2)OCCO3)OC1(C)C. The predicted octanol–water partition coefficient (Wildman–Crippen LogP) is 1.15. The Morgan fingerprint density at radius 2 is 1.68 bits per heavy atom. The molecule has 3 rings (SSSR count). The fourth-order valence-corrected chi connectivity index (χ4v) is 2.06. The van der Waals surface area contributed by atoms with Crippen molar-refractivity contribution in [2.45, 2.75) is 38.9 Å². The standard InChI is InChI=1S/C13H18BNO4/c1-12(2)13(3,4)19-14(18-12)9-7-10-11(15-8-9)17-6-5-16-10/h7-8H,5-6H2,1-4H3. The highest BCUT2D eigenvalue weighted by atomic mass is 16.7. The van der Waals surface area contributed by atoms with Crippen LogP contribution >= 0.6 is 0 Å². The Bertz CT molecular complexity index is 487. The maximum atomic E-state index is 5.98. The van der Waals surface area contributed by atoms with Crippen molar-refractivity contribution in [2.75, 3.05) is 13.2 Å². The first-order chi connectivity index (χ1) is 8.89. The lowest BCUT2D eigenvalue weighted by Gasteiger charge is -2.32. The third-order valence-corrected chi connectivity index (χ3v) is 3.94. The third kappa shape index (κ3) is 2.09. The minimum absolute atomic E-state index is 0.356. The molecule has 0 spiro atoms. The Labute approximate surface area is 113 Å². The maximum absolute atomic E-state index is 5.98. The lowest BCUT2D eigenvalue weighted by atomic mass is 9.80. The molecule has 5 nitrogen and oxygen atoms in total. The molecule has 1 saturated heterocycles. The highest BCUT2D eigenvalue weighted by Crippen LogP contribution is 2.37. The van der Waals surface area contributed by atoms with E-state index in [2.05, 4.69) is 4.98 Å². The van der Waals surface area contributed by atoms with Crippen LogP contribution in [0.25, 0.3) is 0 Å². The van der Waals surface area contributed by atoms with Gasteiger partial charge in [-0.05, 0) is 33.8 Å². The predicted molar refractivity (Wildman–Crippen MR) is 70.9 cm³/mol. The lowest BCUT2D eigenvalue weighted by Crippen LogP contribution is -2.41. The zero-order chi connectivity index (χ0) is 13.7. The first-order valence-electron chi connectivity index (χ1n) is 6.50. The van der Waals surface area contributed by atoms with Crippen LogP contribution < -0.4 is 14.9 Å². The summed E-state index contributed by atoms with van der Waals surface area (Å²) in [7, 11) is -0.423. The monoisotopic (exact) mass is 263 g/mol. The fourth-order valence-electron chi connectivity index (χ4n) is 2.06. The fraction of sp³-hybridized carbons (Fsp3) is 0.615. The van der Waals surface area contributed by atoms with E-state index in [1.54, 1.807) is 6.20 Å². The third-order valence-electron chi connectivity index (χ3n) is 3.94. The molecule has 0 N–H and O–H groups in total. The number of aromatic nitrogens is 1. The van der Waals surface area contributed by atoms with Gasteiger partial charge in [-0.15, -0.1) is 0 Å². The van der Waals surface area contributed by atoms with Gasteiger partial charge in [-0.1, -0.05) is 0 Å². The number of fused-ring (bicyclic) bond motifs is 1. The van der Waals surface area contributed by atoms with Gasteiger partial charge in [0.25, 0.3) is 5.88 Å². The van der Waals surface area contributed by atoms with Gasteiger partial charge in [-0.3, -0.25) is 0 Å². The van der Waals surface area contributed by atoms with Gasteiger partial charge in [0.15, 0.2) is 5.75 Å². The molecule has 3 heterocycles. The average molecular weight is 263 g/mol. The molecule has 0 amide bonds. The zero-order valence-electron chi connectivity index (χ0n) is 11.7. The largest absolute Gasteiger partial charge is 0.496 e. The van der Waals surface area contributed by atoms with Gasteiger partial charge in [-0.2, -0.15) is 0 Å². The van der Waals surface area contributed by atoms with Gasteiger partial charge in [0.1, 0.15) is 13.2 Å². The molecule has 102 valence electrons. The minimum Gasteiger partial charge on any atom is -0.484 e. The Kier molecular flexibility index (Phi) is 2.76. The van der Waals surface area contributed by atoms with E-state index in [4.69, 9.17) is 18.8 Å². The van der Waals surface area contributed by atoms with Crippen molar-refractivity contribution >= 4 is 12.6 Å². The van der Waals surface area contributed by atoms with Crippen LogP contribution in [0.4, 0.5) is 0 Å². The van der Waals surface area contributed by atoms with E-state index in [1.165, 1.54) is 0 Å². The maximum Gasteiger partial charge on any atom is 0.496 e. The van der Waals surface area contributed by atoms with E-state index in [1.807, 2.05) is 33.8 Å². The van der Waals surface area contributed by atoms with E-state index in [-0.39, 0.29) is 11.2 Å². The second-order valence-electron chi connectivity index (χ2n) is 5.86. The molecule has 0 aromatic carbocycles. The van der Waals surface area contributed by atoms with Crippen LogP contribution in [0.2, 0.25) is 0 Å². The molecule has 0 aliphatic carbocycles. The normalized spacial score (nSPS) is 23.5. The Morgan fingerprint density at radius 3 is 2.37 bits per heavy atom. The molecule has 6 heteroatoms. The summed E-state index contributed by atoms with van der Waals surface area (Å²) in [4.78, 5) is 4.25. The topological polar surface area (TPSA) is 49.8 Å². The molecule has 0 unspecified atom stereocenters. The quantitative estimate of drug-likeness (QED) is 0.711. The van der Waals surface area contributed by atoms with Crippen molar-refractivity contribution < 1.29 is 18.8 Å². The Hall–Kier alpha value is -1.27. The van der Waals surface area contributed by atoms with Crippen LogP contribution in [-0.2, 0) is 9.31 Å². The second kappa shape index (κ2) is 4.11. The second-order valence-corrected chi connectivity index (χ2v) is 5.86. The molecule has 1 fully saturated rings. The molecule has 2 aliphatic rings. The molecule has 0 bridgehead atoms. The van der Waals surface area contributed by atoms with E-state index in [0.717, 1.165) is 5.46 Å². The van der Waals surface area contributed by atoms with Crippen molar-refractivity contribution in [3.05, 3.63) is 12.3 Å². The minimum atomic E-state index is -0.423. The van der Waals surface area contributed by atoms with Crippen molar-refractivity contribution in [3.63, 3.8) is 0 Å². The summed E-state index contributed by atoms with van der Waals surface area (Å²) in [5, 5.41) is 0. The number of nitrogens with zero attached hydrogens (tertiary/aromatic N) is 1. The Balaban J connectivity index is 1.88. The summed E-state index contributed by atoms with van der Waals surface area (Å²) >= 11 is 0. The molecule has 1 aromatic heterocycles. The highest BCUT2D eigenvalue weighted by Gasteiger charge is 2.52. The summed E-state index contributed by atoms with van der Waals surface area (Å²) in [5.41, 5.74) is 0.137. The average Bonchev–Trinajstić information content (AvgIpc) is 2.58. The van der Waals surface area contributed by atoms with Crippen molar-refractivity contribution in [3.8, 4) is 11.6 Å². The van der Waals surface area contributed by atoms with E-state index in [9.17, 15) is 0 Å². The van der Waals surface area contributed by atoms with Gasteiger partial charge in [0, 0.05) is 11.7 Å². The molecule has 0 radical (unpaired) electrons. The van der Waals surface area contributed by atoms with Crippen LogP contribution in [0.3, 0.4) is 0 Å². The molecule has 2 aliphatic heterocycles. The van der Waals surface area contributed by atoms with E-state index in [0.29, 0.717) is 24.8 Å². The number of hydrogen-bond donors (Lipinski definition) is 0. The smallest absolute Gasteiger partial charge is 0.484 e. The number of ether oxygens (including phenoxy) is 2. The number of pyridine rings is 1. The molecular formula is C13H18BNO4. The van der Waals surface area contributed by atoms with Gasteiger partial charge in [-0.25, -0.2) is 4.98 Å². The first kappa shape index (κ1) is 12.8. The summed E-state index contributed by atoms with van der Waals surface area (Å²) in [5.74, 6) is 1.19. The van der Waals surface area contributed by atoms with Crippen LogP contribution in [-0.4, -0.2) is 36.5 Å². The van der Waals surface area contributed by atoms with Crippen molar-refractivity contribution in [1.82, 2.24) is 4.98 Å². The van der Waals surface area contributed by atoms with Crippen LogP contribution in [0, 0.1) is 0 Å². The molecular weight excluding hydrogens is 245 g/mol. The zero-order valence-corrected chi connectivity index (χ0v) is 11.7. The lowest BCUT2D eigenvalue weighted by molar-refractivity contribution is 0.00578. The summed E-state index contributed by atoms with van der Waals surface area (Å²) in [6.45, 7) is 9.19. The summed E-state index contributed by atoms with van der Waals surface area (Å²) in [6.07, 6.45) is 1.72. The molecule has 1 aromatic rings. The van der Waals surface area contributed by atoms with Crippen LogP contribution in [0.1, 0.15) is 27.7 Å². The first-order valence-corrected chi connectivity index (χ1v) is 6.50. The number of rotatable bonds is 1. The van der Waals surface area contributed by atoms with Crippen molar-refractivity contribution in [1.29, 1.82) is 0 Å². The Morgan fingerprint density at radius 1 is 1.05 bits per heavy atom. The van der Waals surface area contributed by atoms with Crippen LogP contribution in [0.15, 0.2) is 12.3 Å². The van der Waals surface area contributed by atoms with Gasteiger partial charge in [0.2, 0.25) is 0 Å². The van der Waals surface area contributed by atoms with Crippen molar-refractivity contribution in [2.24, 2.45) is 0 Å². The van der Waals surface area contributed by atoms with Crippen LogP contribution in [0.5, 0.6) is 11.6 Å². The summed E-state index contributed by atoms with van der Waals surface area (Å²) < 4.78 is 22.9. The van der Waals surface area contributed by atoms with E-state index < -0.39 is 7.12 Å². The summed E-state index contributed by atoms with van der Waals surface area (Å²) in [6, 6.07) is 1.88. The van der Waals surface area contributed by atoms with E-state index >= 15 is 0 Å². The highest BCUT2D eigenvalue weighted by molar-refractivity contribution is 6.62. The molecule has 0 atom stereocenters.